The van der Waals surface area contributed by atoms with Crippen LogP contribution in [0.5, 0.6) is 0 Å². The van der Waals surface area contributed by atoms with E-state index in [2.05, 4.69) is 30.7 Å². The molecule has 1 rings (SSSR count). The van der Waals surface area contributed by atoms with Crippen LogP contribution in [0.2, 0.25) is 5.15 Å². The van der Waals surface area contributed by atoms with Crippen LogP contribution in [-0.4, -0.2) is 29.0 Å². The summed E-state index contributed by atoms with van der Waals surface area (Å²) in [6.07, 6.45) is 1.71. The maximum Gasteiger partial charge on any atom is 0.236 e. The Morgan fingerprint density at radius 2 is 2.05 bits per heavy atom. The first-order chi connectivity index (χ1) is 9.35. The van der Waals surface area contributed by atoms with Crippen LogP contribution in [0.1, 0.15) is 38.6 Å². The van der Waals surface area contributed by atoms with Crippen molar-refractivity contribution in [3.63, 3.8) is 0 Å². The third-order valence-electron chi connectivity index (χ3n) is 2.81. The summed E-state index contributed by atoms with van der Waals surface area (Å²) in [5.41, 5.74) is 6.12. The summed E-state index contributed by atoms with van der Waals surface area (Å²) in [6.45, 7) is 8.92. The Labute approximate surface area is 125 Å². The van der Waals surface area contributed by atoms with Gasteiger partial charge in [-0.3, -0.25) is 4.79 Å². The molecule has 0 fully saturated rings. The molecule has 0 atom stereocenters. The maximum absolute atomic E-state index is 11.3. The average molecular weight is 299 g/mol. The Kier molecular flexibility index (Phi) is 6.20. The van der Waals surface area contributed by atoms with Crippen molar-refractivity contribution in [1.29, 1.82) is 0 Å². The quantitative estimate of drug-likeness (QED) is 0.784. The number of rotatable bonds is 7. The number of carbonyl (C=O) groups excluding carboxylic acids is 1. The van der Waals surface area contributed by atoms with Crippen LogP contribution in [0, 0.1) is 12.8 Å². The fraction of sp³-hybridized carbons (Fsp3) is 0.643. The number of nitrogens with zero attached hydrogens (tertiary/aromatic N) is 3. The van der Waals surface area contributed by atoms with Crippen molar-refractivity contribution >= 4 is 23.3 Å². The molecule has 2 N–H and O–H groups in total. The lowest BCUT2D eigenvalue weighted by Gasteiger charge is -2.26. The molecule has 0 aromatic carbocycles. The predicted octanol–water partition coefficient (Wildman–Crippen LogP) is 2.34. The van der Waals surface area contributed by atoms with Gasteiger partial charge >= 0.3 is 0 Å². The molecule has 0 unspecified atom stereocenters. The van der Waals surface area contributed by atoms with Crippen molar-refractivity contribution in [2.24, 2.45) is 11.7 Å². The van der Waals surface area contributed by atoms with Crippen molar-refractivity contribution < 1.29 is 4.79 Å². The van der Waals surface area contributed by atoms with Crippen molar-refractivity contribution in [1.82, 2.24) is 9.97 Å². The molecule has 5 nitrogen and oxygen atoms in total. The number of hydrogen-bond acceptors (Lipinski definition) is 4. The average Bonchev–Trinajstić information content (AvgIpc) is 2.32. The number of halogens is 1. The molecule has 0 saturated heterocycles. The van der Waals surface area contributed by atoms with Gasteiger partial charge < -0.3 is 10.6 Å². The van der Waals surface area contributed by atoms with Crippen LogP contribution in [0.25, 0.3) is 0 Å². The molecule has 1 aromatic rings. The molecule has 0 saturated carbocycles. The number of aryl methyl sites for hydroxylation is 1. The Hall–Kier alpha value is -1.36. The number of hydrogen-bond donors (Lipinski definition) is 1. The van der Waals surface area contributed by atoms with Crippen molar-refractivity contribution in [2.45, 2.75) is 40.5 Å². The number of aromatic nitrogens is 2. The normalized spacial score (nSPS) is 10.9. The summed E-state index contributed by atoms with van der Waals surface area (Å²) in [6, 6.07) is 0. The van der Waals surface area contributed by atoms with Crippen LogP contribution in [0.15, 0.2) is 0 Å². The molecule has 6 heteroatoms. The molecule has 1 heterocycles. The minimum atomic E-state index is -0.378. The Morgan fingerprint density at radius 3 is 2.55 bits per heavy atom. The lowest BCUT2D eigenvalue weighted by atomic mass is 10.2. The molecule has 0 radical (unpaired) electrons. The zero-order valence-corrected chi connectivity index (χ0v) is 13.4. The van der Waals surface area contributed by atoms with Gasteiger partial charge in [-0.25, -0.2) is 9.97 Å². The zero-order valence-electron chi connectivity index (χ0n) is 12.6. The topological polar surface area (TPSA) is 72.1 Å². The highest BCUT2D eigenvalue weighted by Gasteiger charge is 2.18. The summed E-state index contributed by atoms with van der Waals surface area (Å²) >= 11 is 6.18. The first kappa shape index (κ1) is 16.7. The predicted molar refractivity (Wildman–Crippen MR) is 82.0 cm³/mol. The van der Waals surface area contributed by atoms with Gasteiger partial charge in [-0.1, -0.05) is 32.4 Å². The van der Waals surface area contributed by atoms with Crippen molar-refractivity contribution in [2.75, 3.05) is 18.0 Å². The maximum atomic E-state index is 11.3. The fourth-order valence-electron chi connectivity index (χ4n) is 2.02. The monoisotopic (exact) mass is 298 g/mol. The zero-order chi connectivity index (χ0) is 15.3. The Bertz CT molecular complexity index is 476. The Balaban J connectivity index is 3.18. The molecule has 0 aliphatic rings. The molecular weight excluding hydrogens is 276 g/mol. The minimum absolute atomic E-state index is 0.137. The second kappa shape index (κ2) is 7.43. The summed E-state index contributed by atoms with van der Waals surface area (Å²) in [4.78, 5) is 22.0. The number of nitrogens with two attached hydrogens (primary N) is 1. The van der Waals surface area contributed by atoms with Crippen LogP contribution in [-0.2, 0) is 11.2 Å². The Morgan fingerprint density at radius 1 is 1.40 bits per heavy atom. The molecule has 1 aromatic heterocycles. The van der Waals surface area contributed by atoms with Gasteiger partial charge in [0.2, 0.25) is 5.91 Å². The van der Waals surface area contributed by atoms with Crippen LogP contribution >= 0.6 is 11.6 Å². The second-order valence-electron chi connectivity index (χ2n) is 5.37. The fourth-order valence-corrected chi connectivity index (χ4v) is 2.20. The molecule has 0 aliphatic carbocycles. The molecule has 112 valence electrons. The smallest absolute Gasteiger partial charge is 0.236 e. The number of amides is 1. The summed E-state index contributed by atoms with van der Waals surface area (Å²) < 4.78 is 0. The van der Waals surface area contributed by atoms with Crippen LogP contribution < -0.4 is 10.6 Å². The van der Waals surface area contributed by atoms with Crippen molar-refractivity contribution in [3.8, 4) is 0 Å². The van der Waals surface area contributed by atoms with Crippen molar-refractivity contribution in [3.05, 3.63) is 16.5 Å². The van der Waals surface area contributed by atoms with Gasteiger partial charge in [-0.2, -0.15) is 0 Å². The van der Waals surface area contributed by atoms with E-state index < -0.39 is 0 Å². The number of carbonyl (C=O) groups is 1. The standard InChI is InChI=1S/C14H23ClN4O/c1-5-6-12-17-13(15)10(4)14(18-12)19(7-9(2)3)8-11(16)20/h9H,5-8H2,1-4H3,(H2,16,20). The van der Waals surface area contributed by atoms with Crippen LogP contribution in [0.3, 0.4) is 0 Å². The third kappa shape index (κ3) is 4.63. The van der Waals surface area contributed by atoms with E-state index in [1.54, 1.807) is 0 Å². The largest absolute Gasteiger partial charge is 0.368 e. The van der Waals surface area contributed by atoms with Gasteiger partial charge in [0, 0.05) is 18.5 Å². The van der Waals surface area contributed by atoms with Gasteiger partial charge in [-0.15, -0.1) is 0 Å². The van der Waals surface area contributed by atoms with E-state index in [1.807, 2.05) is 11.8 Å². The first-order valence-electron chi connectivity index (χ1n) is 6.91. The molecule has 20 heavy (non-hydrogen) atoms. The highest BCUT2D eigenvalue weighted by atomic mass is 35.5. The van der Waals surface area contributed by atoms with E-state index in [1.165, 1.54) is 0 Å². The molecule has 0 bridgehead atoms. The van der Waals surface area contributed by atoms with E-state index in [0.29, 0.717) is 29.3 Å². The first-order valence-corrected chi connectivity index (χ1v) is 7.29. The highest BCUT2D eigenvalue weighted by molar-refractivity contribution is 6.30. The van der Waals surface area contributed by atoms with E-state index in [-0.39, 0.29) is 12.5 Å². The lowest BCUT2D eigenvalue weighted by Crippen LogP contribution is -2.37. The van der Waals surface area contributed by atoms with E-state index in [9.17, 15) is 4.79 Å². The van der Waals surface area contributed by atoms with Gasteiger partial charge in [-0.05, 0) is 19.3 Å². The van der Waals surface area contributed by atoms with Crippen LogP contribution in [0.4, 0.5) is 5.82 Å². The van der Waals surface area contributed by atoms with Gasteiger partial charge in [0.25, 0.3) is 0 Å². The molecule has 0 aliphatic heterocycles. The summed E-state index contributed by atoms with van der Waals surface area (Å²) in [5.74, 6) is 1.42. The van der Waals surface area contributed by atoms with E-state index in [0.717, 1.165) is 18.4 Å². The van der Waals surface area contributed by atoms with Gasteiger partial charge in [0.15, 0.2) is 0 Å². The second-order valence-corrected chi connectivity index (χ2v) is 5.73. The lowest BCUT2D eigenvalue weighted by molar-refractivity contribution is -0.116. The molecule has 1 amide bonds. The van der Waals surface area contributed by atoms with E-state index >= 15 is 0 Å². The minimum Gasteiger partial charge on any atom is -0.368 e. The third-order valence-corrected chi connectivity index (χ3v) is 3.18. The molecule has 0 spiro atoms. The van der Waals surface area contributed by atoms with Gasteiger partial charge in [0.1, 0.15) is 16.8 Å². The highest BCUT2D eigenvalue weighted by Crippen LogP contribution is 2.24. The van der Waals surface area contributed by atoms with E-state index in [4.69, 9.17) is 17.3 Å². The van der Waals surface area contributed by atoms with Gasteiger partial charge in [0.05, 0.1) is 6.54 Å². The summed E-state index contributed by atoms with van der Waals surface area (Å²) in [5, 5.41) is 0.441. The summed E-state index contributed by atoms with van der Waals surface area (Å²) in [7, 11) is 0. The molecular formula is C14H23ClN4O. The number of anilines is 1. The number of primary amides is 1. The SMILES string of the molecule is CCCc1nc(Cl)c(C)c(N(CC(N)=O)CC(C)C)n1.